The molecule has 0 radical (unpaired) electrons. The Kier molecular flexibility index (Phi) is 9.92. The lowest BCUT2D eigenvalue weighted by Crippen LogP contribution is -2.40. The number of carbonyl (C=O) groups is 1. The zero-order valence-corrected chi connectivity index (χ0v) is 29.2. The maximum Gasteiger partial charge on any atom is 0.338 e. The Labute approximate surface area is 290 Å². The van der Waals surface area contributed by atoms with Crippen molar-refractivity contribution in [1.82, 2.24) is 4.57 Å². The summed E-state index contributed by atoms with van der Waals surface area (Å²) in [7, 11) is 0. The quantitative estimate of drug-likeness (QED) is 0.144. The molecular formula is C38H32BrClN2O4S. The Morgan fingerprint density at radius 3 is 2.43 bits per heavy atom. The maximum atomic E-state index is 14.2. The number of benzene rings is 4. The van der Waals surface area contributed by atoms with Crippen molar-refractivity contribution < 1.29 is 14.3 Å². The van der Waals surface area contributed by atoms with Crippen molar-refractivity contribution in [2.24, 2.45) is 4.99 Å². The van der Waals surface area contributed by atoms with E-state index < -0.39 is 12.0 Å². The van der Waals surface area contributed by atoms with E-state index in [4.69, 9.17) is 26.1 Å². The molecule has 0 aliphatic carbocycles. The first-order valence-corrected chi connectivity index (χ1v) is 17.3. The van der Waals surface area contributed by atoms with Gasteiger partial charge in [-0.3, -0.25) is 9.36 Å². The monoisotopic (exact) mass is 726 g/mol. The molecule has 5 aromatic rings. The molecule has 238 valence electrons. The molecule has 2 heterocycles. The molecule has 6 nitrogen and oxygen atoms in total. The van der Waals surface area contributed by atoms with Crippen molar-refractivity contribution in [3.05, 3.63) is 160 Å². The molecule has 0 saturated heterocycles. The van der Waals surface area contributed by atoms with E-state index in [0.717, 1.165) is 32.3 Å². The molecule has 1 aliphatic heterocycles. The van der Waals surface area contributed by atoms with E-state index in [1.807, 2.05) is 103 Å². The van der Waals surface area contributed by atoms with E-state index in [2.05, 4.69) is 29.8 Å². The van der Waals surface area contributed by atoms with Crippen molar-refractivity contribution in [2.75, 3.05) is 6.61 Å². The number of thiazole rings is 1. The molecular weight excluding hydrogens is 696 g/mol. The number of nitrogens with zero attached hydrogens (tertiary/aromatic N) is 2. The van der Waals surface area contributed by atoms with Gasteiger partial charge in [0.05, 0.1) is 32.9 Å². The largest absolute Gasteiger partial charge is 0.488 e. The van der Waals surface area contributed by atoms with Gasteiger partial charge in [-0.1, -0.05) is 116 Å². The maximum absolute atomic E-state index is 14.2. The summed E-state index contributed by atoms with van der Waals surface area (Å²) in [6, 6.07) is 30.1. The molecule has 0 saturated carbocycles. The van der Waals surface area contributed by atoms with Gasteiger partial charge in [0, 0.05) is 16.1 Å². The van der Waals surface area contributed by atoms with Gasteiger partial charge in [0.15, 0.2) is 4.80 Å². The Morgan fingerprint density at radius 1 is 1.02 bits per heavy atom. The molecule has 0 amide bonds. The van der Waals surface area contributed by atoms with E-state index in [1.165, 1.54) is 11.3 Å². The molecule has 1 aromatic heterocycles. The van der Waals surface area contributed by atoms with Crippen LogP contribution in [0.2, 0.25) is 5.02 Å². The molecule has 47 heavy (non-hydrogen) atoms. The number of halogens is 2. The third kappa shape index (κ3) is 6.91. The highest BCUT2D eigenvalue weighted by atomic mass is 79.9. The summed E-state index contributed by atoms with van der Waals surface area (Å²) in [5, 5.41) is 0.645. The molecule has 6 rings (SSSR count). The lowest BCUT2D eigenvalue weighted by Gasteiger charge is -2.26. The zero-order chi connectivity index (χ0) is 33.1. The molecule has 0 fully saturated rings. The highest BCUT2D eigenvalue weighted by Gasteiger charge is 2.35. The summed E-state index contributed by atoms with van der Waals surface area (Å²) in [4.78, 5) is 33.4. The first-order chi connectivity index (χ1) is 22.7. The number of ether oxygens (including phenoxy) is 2. The third-order valence-electron chi connectivity index (χ3n) is 7.89. The van der Waals surface area contributed by atoms with E-state index in [1.54, 1.807) is 11.5 Å². The standard InChI is InChI=1S/C38H32BrClN2O4S/c1-4-45-37(44)33-34(26-10-6-5-7-11-26)41-38-42(35(33)27-17-15-25(16-18-27)23(2)3)36(43)32(47-38)21-24-14-19-31(29(39)20-24)46-22-28-12-8-9-13-30(28)40/h5-21,23,35H,4,22H2,1-3H3/b32-21-/t35-/m0/s1. The van der Waals surface area contributed by atoms with Gasteiger partial charge in [0.25, 0.3) is 5.56 Å². The minimum absolute atomic E-state index is 0.195. The van der Waals surface area contributed by atoms with Crippen LogP contribution in [0, 0.1) is 0 Å². The summed E-state index contributed by atoms with van der Waals surface area (Å²) >= 11 is 11.2. The molecule has 1 atom stereocenters. The van der Waals surface area contributed by atoms with Crippen molar-refractivity contribution in [3.8, 4) is 5.75 Å². The first-order valence-electron chi connectivity index (χ1n) is 15.3. The normalized spacial score (nSPS) is 14.6. The van der Waals surface area contributed by atoms with Gasteiger partial charge in [-0.05, 0) is 69.7 Å². The van der Waals surface area contributed by atoms with Crippen LogP contribution in [0.15, 0.2) is 117 Å². The van der Waals surface area contributed by atoms with Crippen LogP contribution in [0.1, 0.15) is 60.5 Å². The molecule has 4 aromatic carbocycles. The van der Waals surface area contributed by atoms with Gasteiger partial charge in [-0.2, -0.15) is 0 Å². The van der Waals surface area contributed by atoms with Crippen LogP contribution in [0.5, 0.6) is 5.75 Å². The van der Waals surface area contributed by atoms with Crippen LogP contribution >= 0.6 is 38.9 Å². The van der Waals surface area contributed by atoms with Crippen molar-refractivity contribution in [3.63, 3.8) is 0 Å². The lowest BCUT2D eigenvalue weighted by atomic mass is 9.91. The summed E-state index contributed by atoms with van der Waals surface area (Å²) in [5.41, 5.74) is 5.01. The second-order valence-corrected chi connectivity index (χ2v) is 13.6. The van der Waals surface area contributed by atoms with Gasteiger partial charge in [0.2, 0.25) is 0 Å². The zero-order valence-electron chi connectivity index (χ0n) is 26.1. The van der Waals surface area contributed by atoms with E-state index in [9.17, 15) is 9.59 Å². The smallest absolute Gasteiger partial charge is 0.338 e. The van der Waals surface area contributed by atoms with E-state index >= 15 is 0 Å². The average molecular weight is 728 g/mol. The van der Waals surface area contributed by atoms with Gasteiger partial charge >= 0.3 is 5.97 Å². The van der Waals surface area contributed by atoms with Gasteiger partial charge in [-0.25, -0.2) is 9.79 Å². The third-order valence-corrected chi connectivity index (χ3v) is 9.86. The van der Waals surface area contributed by atoms with Crippen LogP contribution in [-0.2, 0) is 16.1 Å². The molecule has 1 aliphatic rings. The molecule has 0 bridgehead atoms. The fourth-order valence-corrected chi connectivity index (χ4v) is 7.17. The number of carbonyl (C=O) groups excluding carboxylic acids is 1. The summed E-state index contributed by atoms with van der Waals surface area (Å²) in [6.07, 6.45) is 1.83. The van der Waals surface area contributed by atoms with Crippen molar-refractivity contribution in [2.45, 2.75) is 39.3 Å². The van der Waals surface area contributed by atoms with Crippen LogP contribution in [-0.4, -0.2) is 17.1 Å². The summed E-state index contributed by atoms with van der Waals surface area (Å²) in [5.74, 6) is 0.483. The number of rotatable bonds is 9. The SMILES string of the molecule is CCOC(=O)C1=C(c2ccccc2)N=c2s/c(=C\c3ccc(OCc4ccccc4Cl)c(Br)c3)c(=O)n2[C@H]1c1ccc(C(C)C)cc1. The topological polar surface area (TPSA) is 69.9 Å². The van der Waals surface area contributed by atoms with Crippen molar-refractivity contribution in [1.29, 1.82) is 0 Å². The second kappa shape index (κ2) is 14.3. The molecule has 9 heteroatoms. The number of aromatic nitrogens is 1. The molecule has 0 unspecified atom stereocenters. The number of hydrogen-bond acceptors (Lipinski definition) is 6. The van der Waals surface area contributed by atoms with Crippen LogP contribution < -0.4 is 19.6 Å². The second-order valence-electron chi connectivity index (χ2n) is 11.3. The van der Waals surface area contributed by atoms with E-state index in [0.29, 0.717) is 43.9 Å². The van der Waals surface area contributed by atoms with Gasteiger partial charge < -0.3 is 9.47 Å². The fourth-order valence-electron chi connectivity index (χ4n) is 5.47. The van der Waals surface area contributed by atoms with Gasteiger partial charge in [-0.15, -0.1) is 0 Å². The Bertz CT molecular complexity index is 2150. The average Bonchev–Trinajstić information content (AvgIpc) is 3.38. The minimum Gasteiger partial charge on any atom is -0.488 e. The Morgan fingerprint density at radius 2 is 1.74 bits per heavy atom. The Balaban J connectivity index is 1.46. The van der Waals surface area contributed by atoms with Gasteiger partial charge in [0.1, 0.15) is 12.4 Å². The number of hydrogen-bond donors (Lipinski definition) is 0. The predicted octanol–water partition coefficient (Wildman–Crippen LogP) is 8.05. The summed E-state index contributed by atoms with van der Waals surface area (Å²) in [6.45, 7) is 6.55. The first kappa shape index (κ1) is 32.7. The van der Waals surface area contributed by atoms with Crippen molar-refractivity contribution >= 4 is 56.6 Å². The number of fused-ring (bicyclic) bond motifs is 1. The summed E-state index contributed by atoms with van der Waals surface area (Å²) < 4.78 is 14.5. The van der Waals surface area contributed by atoms with Crippen LogP contribution in [0.25, 0.3) is 11.8 Å². The predicted molar refractivity (Wildman–Crippen MR) is 192 cm³/mol. The minimum atomic E-state index is -0.726. The van der Waals surface area contributed by atoms with E-state index in [-0.39, 0.29) is 12.2 Å². The Hall–Kier alpha value is -4.24. The number of esters is 1. The molecule has 0 spiro atoms. The molecule has 0 N–H and O–H groups in total. The highest BCUT2D eigenvalue weighted by Crippen LogP contribution is 2.36. The lowest BCUT2D eigenvalue weighted by molar-refractivity contribution is -0.138. The van der Waals surface area contributed by atoms with Crippen LogP contribution in [0.3, 0.4) is 0 Å². The fraction of sp³-hybridized carbons (Fsp3) is 0.184. The highest BCUT2D eigenvalue weighted by molar-refractivity contribution is 9.10. The van der Waals surface area contributed by atoms with Crippen LogP contribution in [0.4, 0.5) is 0 Å².